The highest BCUT2D eigenvalue weighted by Crippen LogP contribution is 2.32. The summed E-state index contributed by atoms with van der Waals surface area (Å²) in [5, 5.41) is 10.6. The molecule has 4 nitrogen and oxygen atoms in total. The molecule has 20 heavy (non-hydrogen) atoms. The topological polar surface area (TPSA) is 49.2 Å². The van der Waals surface area contributed by atoms with Crippen LogP contribution < -0.4 is 4.90 Å². The number of alkyl halides is 3. The second-order valence-corrected chi connectivity index (χ2v) is 5.01. The van der Waals surface area contributed by atoms with Crippen LogP contribution >= 0.6 is 11.3 Å². The Hall–Kier alpha value is -1.67. The molecule has 0 spiro atoms. The molecule has 0 fully saturated rings. The Morgan fingerprint density at radius 2 is 2.10 bits per heavy atom. The average Bonchev–Trinajstić information content (AvgIpc) is 2.91. The summed E-state index contributed by atoms with van der Waals surface area (Å²) in [6.07, 6.45) is -4.54. The number of likely N-dealkylation sites (N-methyl/N-ethyl adjacent to an activating group) is 1. The summed E-state index contributed by atoms with van der Waals surface area (Å²) in [7, 11) is 1.53. The van der Waals surface area contributed by atoms with E-state index in [1.807, 2.05) is 0 Å². The van der Waals surface area contributed by atoms with Crippen LogP contribution in [0.4, 0.5) is 19.1 Å². The lowest BCUT2D eigenvalue weighted by atomic mass is 10.2. The van der Waals surface area contributed by atoms with E-state index in [1.54, 1.807) is 17.5 Å². The van der Waals surface area contributed by atoms with Gasteiger partial charge in [0, 0.05) is 13.6 Å². The van der Waals surface area contributed by atoms with Gasteiger partial charge in [-0.05, 0) is 17.5 Å². The predicted octanol–water partition coefficient (Wildman–Crippen LogP) is 2.65. The van der Waals surface area contributed by atoms with Crippen molar-refractivity contribution < 1.29 is 18.3 Å². The summed E-state index contributed by atoms with van der Waals surface area (Å²) >= 11 is 1.30. The maximum atomic E-state index is 12.9. The van der Waals surface area contributed by atoms with Crippen LogP contribution in [0.2, 0.25) is 0 Å². The molecule has 0 atom stereocenters. The zero-order chi connectivity index (χ0) is 14.8. The van der Waals surface area contributed by atoms with E-state index in [0.29, 0.717) is 4.88 Å². The van der Waals surface area contributed by atoms with E-state index >= 15 is 0 Å². The van der Waals surface area contributed by atoms with E-state index in [1.165, 1.54) is 23.3 Å². The van der Waals surface area contributed by atoms with Gasteiger partial charge in [0.1, 0.15) is 0 Å². The number of aromatic nitrogens is 2. The van der Waals surface area contributed by atoms with Crippen molar-refractivity contribution in [2.75, 3.05) is 25.1 Å². The number of rotatable bonds is 4. The second-order valence-electron chi connectivity index (χ2n) is 4.06. The third kappa shape index (κ3) is 3.26. The summed E-state index contributed by atoms with van der Waals surface area (Å²) in [6.45, 7) is -0.0321. The minimum absolute atomic E-state index is 0.0581. The van der Waals surface area contributed by atoms with Crippen molar-refractivity contribution in [3.63, 3.8) is 0 Å². The number of thiophene rings is 1. The Kier molecular flexibility index (Phi) is 4.24. The summed E-state index contributed by atoms with van der Waals surface area (Å²) in [6, 6.07) is 4.37. The average molecular weight is 303 g/mol. The third-order valence-corrected chi connectivity index (χ3v) is 3.45. The highest BCUT2D eigenvalue weighted by molar-refractivity contribution is 7.13. The predicted molar refractivity (Wildman–Crippen MR) is 70.7 cm³/mol. The van der Waals surface area contributed by atoms with Crippen molar-refractivity contribution in [1.82, 2.24) is 9.97 Å². The lowest BCUT2D eigenvalue weighted by Crippen LogP contribution is -2.25. The lowest BCUT2D eigenvalue weighted by Gasteiger charge is -2.18. The highest BCUT2D eigenvalue weighted by atomic mass is 32.1. The van der Waals surface area contributed by atoms with Crippen LogP contribution in [0.25, 0.3) is 10.6 Å². The Morgan fingerprint density at radius 1 is 1.35 bits per heavy atom. The standard InChI is InChI=1S/C12H12F3N3OS/c1-18(4-5-19)11-16-8(9-3-2-6-20-9)7-10(17-11)12(13,14)15/h2-3,6-7,19H,4-5H2,1H3. The fraction of sp³-hybridized carbons (Fsp3) is 0.333. The van der Waals surface area contributed by atoms with Crippen LogP contribution in [0.15, 0.2) is 23.6 Å². The van der Waals surface area contributed by atoms with Gasteiger partial charge in [0.15, 0.2) is 5.69 Å². The molecular weight excluding hydrogens is 291 g/mol. The first kappa shape index (κ1) is 14.7. The van der Waals surface area contributed by atoms with Crippen LogP contribution in [0.3, 0.4) is 0 Å². The number of nitrogens with zero attached hydrogens (tertiary/aromatic N) is 3. The maximum Gasteiger partial charge on any atom is 0.433 e. The fourth-order valence-electron chi connectivity index (χ4n) is 1.55. The number of aliphatic hydroxyl groups is 1. The van der Waals surface area contributed by atoms with E-state index in [-0.39, 0.29) is 24.8 Å². The van der Waals surface area contributed by atoms with Gasteiger partial charge in [0.25, 0.3) is 0 Å². The minimum atomic E-state index is -4.54. The monoisotopic (exact) mass is 303 g/mol. The van der Waals surface area contributed by atoms with E-state index < -0.39 is 11.9 Å². The van der Waals surface area contributed by atoms with E-state index in [0.717, 1.165) is 6.07 Å². The molecule has 0 bridgehead atoms. The molecule has 2 rings (SSSR count). The summed E-state index contributed by atoms with van der Waals surface area (Å²) in [5.41, 5.74) is -0.766. The molecule has 0 amide bonds. The molecular formula is C12H12F3N3OS. The van der Waals surface area contributed by atoms with Crippen LogP contribution in [0.5, 0.6) is 0 Å². The van der Waals surface area contributed by atoms with E-state index in [9.17, 15) is 13.2 Å². The van der Waals surface area contributed by atoms with Gasteiger partial charge in [-0.1, -0.05) is 6.07 Å². The first-order valence-electron chi connectivity index (χ1n) is 5.74. The smallest absolute Gasteiger partial charge is 0.395 e. The summed E-state index contributed by atoms with van der Waals surface area (Å²) in [4.78, 5) is 9.66. The molecule has 1 N–H and O–H groups in total. The van der Waals surface area contributed by atoms with Gasteiger partial charge in [-0.25, -0.2) is 9.97 Å². The Labute approximate surface area is 117 Å². The lowest BCUT2D eigenvalue weighted by molar-refractivity contribution is -0.141. The zero-order valence-corrected chi connectivity index (χ0v) is 11.4. The first-order chi connectivity index (χ1) is 9.41. The fourth-order valence-corrected chi connectivity index (χ4v) is 2.24. The number of anilines is 1. The molecule has 2 heterocycles. The molecule has 108 valence electrons. The minimum Gasteiger partial charge on any atom is -0.395 e. The van der Waals surface area contributed by atoms with Crippen LogP contribution in [0, 0.1) is 0 Å². The van der Waals surface area contributed by atoms with Crippen molar-refractivity contribution >= 4 is 17.3 Å². The maximum absolute atomic E-state index is 12.9. The molecule has 2 aromatic heterocycles. The second kappa shape index (κ2) is 5.76. The normalized spacial score (nSPS) is 11.7. The molecule has 8 heteroatoms. The quantitative estimate of drug-likeness (QED) is 0.943. The van der Waals surface area contributed by atoms with Crippen molar-refractivity contribution in [2.24, 2.45) is 0 Å². The zero-order valence-electron chi connectivity index (χ0n) is 10.6. The molecule has 0 aromatic carbocycles. The highest BCUT2D eigenvalue weighted by Gasteiger charge is 2.34. The van der Waals surface area contributed by atoms with Gasteiger partial charge < -0.3 is 10.0 Å². The van der Waals surface area contributed by atoms with Gasteiger partial charge in [0.05, 0.1) is 17.2 Å². The van der Waals surface area contributed by atoms with Crippen molar-refractivity contribution in [2.45, 2.75) is 6.18 Å². The van der Waals surface area contributed by atoms with Crippen LogP contribution in [-0.2, 0) is 6.18 Å². The molecule has 0 aliphatic heterocycles. The third-order valence-electron chi connectivity index (χ3n) is 2.56. The van der Waals surface area contributed by atoms with Crippen LogP contribution in [0.1, 0.15) is 5.69 Å². The van der Waals surface area contributed by atoms with Crippen molar-refractivity contribution in [3.05, 3.63) is 29.3 Å². The van der Waals surface area contributed by atoms with Crippen molar-refractivity contribution in [3.8, 4) is 10.6 Å². The summed E-state index contributed by atoms with van der Waals surface area (Å²) < 4.78 is 38.7. The van der Waals surface area contributed by atoms with Gasteiger partial charge in [-0.15, -0.1) is 11.3 Å². The van der Waals surface area contributed by atoms with Crippen LogP contribution in [-0.4, -0.2) is 35.3 Å². The molecule has 0 aliphatic rings. The van der Waals surface area contributed by atoms with E-state index in [4.69, 9.17) is 5.11 Å². The Morgan fingerprint density at radius 3 is 2.65 bits per heavy atom. The Bertz CT molecular complexity index is 572. The number of hydrogen-bond donors (Lipinski definition) is 1. The summed E-state index contributed by atoms with van der Waals surface area (Å²) in [5.74, 6) is -0.0581. The largest absolute Gasteiger partial charge is 0.433 e. The van der Waals surface area contributed by atoms with Gasteiger partial charge in [-0.3, -0.25) is 0 Å². The Balaban J connectivity index is 2.50. The molecule has 0 radical (unpaired) electrons. The van der Waals surface area contributed by atoms with E-state index in [2.05, 4.69) is 9.97 Å². The van der Waals surface area contributed by atoms with Gasteiger partial charge in [0.2, 0.25) is 5.95 Å². The number of aliphatic hydroxyl groups excluding tert-OH is 1. The van der Waals surface area contributed by atoms with Crippen molar-refractivity contribution in [1.29, 1.82) is 0 Å². The molecule has 0 aliphatic carbocycles. The first-order valence-corrected chi connectivity index (χ1v) is 6.62. The molecule has 0 saturated heterocycles. The molecule has 0 saturated carbocycles. The number of halogens is 3. The SMILES string of the molecule is CN(CCO)c1nc(-c2cccs2)cc(C(F)(F)F)n1. The number of hydrogen-bond acceptors (Lipinski definition) is 5. The molecule has 0 unspecified atom stereocenters. The molecule has 2 aromatic rings. The van der Waals surface area contributed by atoms with Gasteiger partial charge >= 0.3 is 6.18 Å². The van der Waals surface area contributed by atoms with Gasteiger partial charge in [-0.2, -0.15) is 13.2 Å².